The Balaban J connectivity index is 2.75. The van der Waals surface area contributed by atoms with E-state index >= 15 is 0 Å². The fraction of sp³-hybridized carbons (Fsp3) is 0.562. The SMILES string of the molecule is CC(C)C(C)(C)[SiH2]O[C@@H](CCO)/C(Cl)=C/c1ccccn1. The molecule has 3 nitrogen and oxygen atoms in total. The van der Waals surface area contributed by atoms with E-state index < -0.39 is 9.76 Å². The molecule has 0 amide bonds. The van der Waals surface area contributed by atoms with Crippen molar-refractivity contribution in [3.05, 3.63) is 35.1 Å². The van der Waals surface area contributed by atoms with Crippen LogP contribution in [0.4, 0.5) is 0 Å². The lowest BCUT2D eigenvalue weighted by atomic mass is 9.99. The van der Waals surface area contributed by atoms with Crippen LogP contribution in [0.1, 0.15) is 39.8 Å². The summed E-state index contributed by atoms with van der Waals surface area (Å²) in [5.41, 5.74) is 0.804. The molecule has 1 heterocycles. The zero-order chi connectivity index (χ0) is 15.9. The van der Waals surface area contributed by atoms with Crippen LogP contribution < -0.4 is 0 Å². The Morgan fingerprint density at radius 2 is 2.19 bits per heavy atom. The van der Waals surface area contributed by atoms with E-state index in [9.17, 15) is 5.11 Å². The molecule has 0 aliphatic rings. The number of nitrogens with zero attached hydrogens (tertiary/aromatic N) is 1. The van der Waals surface area contributed by atoms with Gasteiger partial charge in [-0.1, -0.05) is 45.4 Å². The number of hydrogen-bond donors (Lipinski definition) is 1. The molecule has 0 unspecified atom stereocenters. The average molecular weight is 328 g/mol. The third-order valence-corrected chi connectivity index (χ3v) is 6.37. The third-order valence-electron chi connectivity index (χ3n) is 3.89. The van der Waals surface area contributed by atoms with Gasteiger partial charge in [0, 0.05) is 24.3 Å². The van der Waals surface area contributed by atoms with Crippen molar-refractivity contribution in [3.8, 4) is 0 Å². The van der Waals surface area contributed by atoms with Gasteiger partial charge in [-0.3, -0.25) is 4.98 Å². The lowest BCUT2D eigenvalue weighted by Crippen LogP contribution is -2.27. The van der Waals surface area contributed by atoms with Crippen LogP contribution in [0.3, 0.4) is 0 Å². The molecule has 5 heteroatoms. The highest BCUT2D eigenvalue weighted by molar-refractivity contribution is 6.34. The molecule has 0 spiro atoms. The van der Waals surface area contributed by atoms with Crippen molar-refractivity contribution >= 4 is 27.4 Å². The van der Waals surface area contributed by atoms with Crippen molar-refractivity contribution in [2.45, 2.75) is 45.3 Å². The summed E-state index contributed by atoms with van der Waals surface area (Å²) in [5.74, 6) is 0.567. The van der Waals surface area contributed by atoms with Gasteiger partial charge in [0.2, 0.25) is 0 Å². The summed E-state index contributed by atoms with van der Waals surface area (Å²) in [6, 6.07) is 5.68. The zero-order valence-electron chi connectivity index (χ0n) is 13.3. The number of hydrogen-bond acceptors (Lipinski definition) is 3. The molecule has 21 heavy (non-hydrogen) atoms. The van der Waals surface area contributed by atoms with Crippen LogP contribution in [-0.2, 0) is 4.43 Å². The Kier molecular flexibility index (Phi) is 7.60. The van der Waals surface area contributed by atoms with Gasteiger partial charge in [0.25, 0.3) is 0 Å². The van der Waals surface area contributed by atoms with E-state index in [1.54, 1.807) is 6.20 Å². The molecule has 1 aromatic heterocycles. The number of halogens is 1. The van der Waals surface area contributed by atoms with Gasteiger partial charge in [-0.15, -0.1) is 0 Å². The van der Waals surface area contributed by atoms with Gasteiger partial charge < -0.3 is 9.53 Å². The summed E-state index contributed by atoms with van der Waals surface area (Å²) < 4.78 is 6.09. The minimum absolute atomic E-state index is 0.0629. The van der Waals surface area contributed by atoms with E-state index in [1.807, 2.05) is 24.3 Å². The molecule has 0 radical (unpaired) electrons. The van der Waals surface area contributed by atoms with E-state index in [0.29, 0.717) is 17.4 Å². The second-order valence-corrected chi connectivity index (χ2v) is 9.12. The minimum atomic E-state index is -0.765. The molecule has 1 atom stereocenters. The van der Waals surface area contributed by atoms with Gasteiger partial charge in [0.05, 0.1) is 11.8 Å². The highest BCUT2D eigenvalue weighted by Crippen LogP contribution is 2.34. The quantitative estimate of drug-likeness (QED) is 0.744. The molecule has 0 aromatic carbocycles. The van der Waals surface area contributed by atoms with Gasteiger partial charge >= 0.3 is 0 Å². The number of rotatable bonds is 8. The third kappa shape index (κ3) is 6.30. The molecule has 0 aliphatic carbocycles. The van der Waals surface area contributed by atoms with Crippen LogP contribution in [-0.4, -0.2) is 32.6 Å². The fourth-order valence-corrected chi connectivity index (χ4v) is 3.30. The summed E-state index contributed by atoms with van der Waals surface area (Å²) in [6.07, 6.45) is 3.83. The predicted octanol–water partition coefficient (Wildman–Crippen LogP) is 3.37. The van der Waals surface area contributed by atoms with Crippen molar-refractivity contribution in [3.63, 3.8) is 0 Å². The fourth-order valence-electron chi connectivity index (χ4n) is 1.60. The Labute approximate surface area is 135 Å². The second-order valence-electron chi connectivity index (χ2n) is 6.24. The normalized spacial score (nSPS) is 15.1. The largest absolute Gasteiger partial charge is 0.416 e. The standard InChI is InChI=1S/C16H26ClNO2Si/c1-12(2)16(3,4)21-20-15(8-10-19)14(17)11-13-7-5-6-9-18-13/h5-7,9,11-12,15,19H,8,10,21H2,1-4H3/b14-11-/t15-/m0/s1. The maximum absolute atomic E-state index is 9.22. The Morgan fingerprint density at radius 1 is 1.48 bits per heavy atom. The van der Waals surface area contributed by atoms with E-state index in [-0.39, 0.29) is 17.7 Å². The summed E-state index contributed by atoms with van der Waals surface area (Å²) in [4.78, 5) is 4.23. The van der Waals surface area contributed by atoms with Gasteiger partial charge in [0.1, 0.15) is 0 Å². The smallest absolute Gasteiger partial charge is 0.168 e. The Bertz CT molecular complexity index is 449. The van der Waals surface area contributed by atoms with Crippen molar-refractivity contribution in [2.24, 2.45) is 5.92 Å². The Morgan fingerprint density at radius 3 is 2.71 bits per heavy atom. The van der Waals surface area contributed by atoms with Crippen molar-refractivity contribution < 1.29 is 9.53 Å². The molecular weight excluding hydrogens is 302 g/mol. The van der Waals surface area contributed by atoms with Gasteiger partial charge in [-0.2, -0.15) is 0 Å². The average Bonchev–Trinajstić information content (AvgIpc) is 2.44. The van der Waals surface area contributed by atoms with Crippen molar-refractivity contribution in [1.29, 1.82) is 0 Å². The van der Waals surface area contributed by atoms with Gasteiger partial charge in [-0.25, -0.2) is 0 Å². The molecule has 0 fully saturated rings. The first-order valence-electron chi connectivity index (χ1n) is 7.37. The molecule has 1 aromatic rings. The first kappa shape index (κ1) is 18.4. The number of aromatic nitrogens is 1. The van der Waals surface area contributed by atoms with E-state index in [4.69, 9.17) is 16.0 Å². The first-order chi connectivity index (χ1) is 9.86. The molecule has 0 aliphatic heterocycles. The monoisotopic (exact) mass is 327 g/mol. The predicted molar refractivity (Wildman–Crippen MR) is 92.1 cm³/mol. The summed E-state index contributed by atoms with van der Waals surface area (Å²) in [5, 5.41) is 10.0. The van der Waals surface area contributed by atoms with E-state index in [2.05, 4.69) is 32.7 Å². The molecule has 0 saturated heterocycles. The number of aliphatic hydroxyl groups excluding tert-OH is 1. The van der Waals surface area contributed by atoms with Crippen LogP contribution >= 0.6 is 11.6 Å². The second kappa shape index (κ2) is 8.69. The van der Waals surface area contributed by atoms with Crippen molar-refractivity contribution in [2.75, 3.05) is 6.61 Å². The summed E-state index contributed by atoms with van der Waals surface area (Å²) >= 11 is 6.38. The van der Waals surface area contributed by atoms with E-state index in [0.717, 1.165) is 5.69 Å². The molecule has 1 rings (SSSR count). The van der Waals surface area contributed by atoms with Gasteiger partial charge in [0.15, 0.2) is 9.76 Å². The highest BCUT2D eigenvalue weighted by Gasteiger charge is 2.26. The molecule has 0 saturated carbocycles. The topological polar surface area (TPSA) is 42.4 Å². The van der Waals surface area contributed by atoms with Crippen LogP contribution in [0.2, 0.25) is 5.04 Å². The lowest BCUT2D eigenvalue weighted by Gasteiger charge is -2.30. The zero-order valence-corrected chi connectivity index (χ0v) is 15.5. The molecule has 1 N–H and O–H groups in total. The number of pyridine rings is 1. The molecule has 0 bridgehead atoms. The van der Waals surface area contributed by atoms with Crippen LogP contribution in [0.25, 0.3) is 6.08 Å². The van der Waals surface area contributed by atoms with Crippen LogP contribution in [0, 0.1) is 5.92 Å². The molecule has 118 valence electrons. The minimum Gasteiger partial charge on any atom is -0.416 e. The first-order valence-corrected chi connectivity index (χ1v) is 9.03. The molecular formula is C16H26ClNO2Si. The summed E-state index contributed by atoms with van der Waals surface area (Å²) in [6.45, 7) is 8.95. The number of aliphatic hydroxyl groups is 1. The van der Waals surface area contributed by atoms with Gasteiger partial charge in [-0.05, 0) is 29.2 Å². The highest BCUT2D eigenvalue weighted by atomic mass is 35.5. The maximum atomic E-state index is 9.22. The van der Waals surface area contributed by atoms with Crippen molar-refractivity contribution in [1.82, 2.24) is 4.98 Å². The van der Waals surface area contributed by atoms with Crippen LogP contribution in [0.5, 0.6) is 0 Å². The van der Waals surface area contributed by atoms with Crippen LogP contribution in [0.15, 0.2) is 29.4 Å². The van der Waals surface area contributed by atoms with E-state index in [1.165, 1.54) is 0 Å². The lowest BCUT2D eigenvalue weighted by molar-refractivity contribution is 0.183. The maximum Gasteiger partial charge on any atom is 0.168 e. The Hall–Kier alpha value is -0.683. The summed E-state index contributed by atoms with van der Waals surface area (Å²) in [7, 11) is -0.765.